The minimum Gasteiger partial charge on any atom is -0.507 e. The van der Waals surface area contributed by atoms with Gasteiger partial charge in [-0.3, -0.25) is 4.68 Å². The van der Waals surface area contributed by atoms with Crippen LogP contribution in [0, 0.1) is 0 Å². The molecule has 5 rings (SSSR count). The molecule has 2 aromatic heterocycles. The number of anilines is 1. The summed E-state index contributed by atoms with van der Waals surface area (Å²) in [6, 6.07) is 10.1. The van der Waals surface area contributed by atoms with E-state index in [1.807, 2.05) is 22.9 Å². The first-order valence-corrected chi connectivity index (χ1v) is 10.5. The summed E-state index contributed by atoms with van der Waals surface area (Å²) in [5.74, 6) is 0.604. The van der Waals surface area contributed by atoms with E-state index in [-0.39, 0.29) is 5.75 Å². The van der Waals surface area contributed by atoms with Crippen molar-refractivity contribution < 1.29 is 5.11 Å². The van der Waals surface area contributed by atoms with E-state index in [0.29, 0.717) is 34.7 Å². The summed E-state index contributed by atoms with van der Waals surface area (Å²) in [7, 11) is 0. The number of nitrogens with zero attached hydrogens (tertiary/aromatic N) is 5. The van der Waals surface area contributed by atoms with Gasteiger partial charge in [-0.05, 0) is 57.0 Å². The van der Waals surface area contributed by atoms with Gasteiger partial charge in [-0.1, -0.05) is 12.1 Å². The van der Waals surface area contributed by atoms with E-state index in [2.05, 4.69) is 25.5 Å². The number of rotatable bonds is 3. The van der Waals surface area contributed by atoms with Crippen LogP contribution >= 0.6 is 0 Å². The first-order valence-electron chi connectivity index (χ1n) is 10.5. The molecule has 3 aromatic rings. The molecule has 0 atom stereocenters. The predicted molar refractivity (Wildman–Crippen MR) is 113 cm³/mol. The van der Waals surface area contributed by atoms with Crippen molar-refractivity contribution in [3.63, 3.8) is 0 Å². The third kappa shape index (κ3) is 3.42. The number of para-hydroxylation sites is 1. The summed E-state index contributed by atoms with van der Waals surface area (Å²) in [5, 5.41) is 26.8. The number of nitrogens with one attached hydrogen (secondary N) is 1. The molecule has 0 radical (unpaired) electrons. The Morgan fingerprint density at radius 3 is 2.52 bits per heavy atom. The molecule has 0 unspecified atom stereocenters. The molecular weight excluding hydrogens is 366 g/mol. The smallest absolute Gasteiger partial charge is 0.174 e. The highest BCUT2D eigenvalue weighted by atomic mass is 16.3. The van der Waals surface area contributed by atoms with Crippen molar-refractivity contribution in [2.24, 2.45) is 0 Å². The summed E-state index contributed by atoms with van der Waals surface area (Å²) in [4.78, 5) is 2.64. The van der Waals surface area contributed by atoms with Crippen LogP contribution in [0.3, 0.4) is 0 Å². The molecule has 2 aliphatic heterocycles. The van der Waals surface area contributed by atoms with Gasteiger partial charge in [0.05, 0.1) is 17.3 Å². The quantitative estimate of drug-likeness (QED) is 0.626. The molecule has 0 aliphatic carbocycles. The van der Waals surface area contributed by atoms with Crippen LogP contribution in [0.25, 0.3) is 22.3 Å². The van der Waals surface area contributed by atoms with Crippen molar-refractivity contribution in [2.45, 2.75) is 37.8 Å². The SMILES string of the molecule is Nc1nn(C2CCN(C3CCNCC3)CC2)c2cc(-c3ccccc3O)nnc12. The van der Waals surface area contributed by atoms with E-state index in [1.54, 1.807) is 12.1 Å². The second-order valence-electron chi connectivity index (χ2n) is 8.06. The Hall–Kier alpha value is -2.71. The molecule has 4 N–H and O–H groups in total. The normalized spacial score (nSPS) is 19.7. The molecule has 8 heteroatoms. The average Bonchev–Trinajstić information content (AvgIpc) is 3.11. The van der Waals surface area contributed by atoms with Crippen molar-refractivity contribution >= 4 is 16.9 Å². The summed E-state index contributed by atoms with van der Waals surface area (Å²) >= 11 is 0. The maximum atomic E-state index is 10.2. The molecule has 0 saturated carbocycles. The van der Waals surface area contributed by atoms with E-state index in [0.717, 1.165) is 44.5 Å². The van der Waals surface area contributed by atoms with Gasteiger partial charge in [0, 0.05) is 24.7 Å². The topological polar surface area (TPSA) is 105 Å². The predicted octanol–water partition coefficient (Wildman–Crippen LogP) is 2.17. The zero-order chi connectivity index (χ0) is 19.8. The fourth-order valence-electron chi connectivity index (χ4n) is 4.72. The van der Waals surface area contributed by atoms with Crippen molar-refractivity contribution in [1.82, 2.24) is 30.2 Å². The third-order valence-electron chi connectivity index (χ3n) is 6.33. The molecule has 0 spiro atoms. The van der Waals surface area contributed by atoms with Crippen LogP contribution in [-0.2, 0) is 0 Å². The van der Waals surface area contributed by atoms with Crippen LogP contribution in [0.1, 0.15) is 31.7 Å². The number of hydrogen-bond donors (Lipinski definition) is 3. The Labute approximate surface area is 169 Å². The molecule has 1 aromatic carbocycles. The van der Waals surface area contributed by atoms with E-state index in [1.165, 1.54) is 12.8 Å². The molecule has 2 saturated heterocycles. The highest BCUT2D eigenvalue weighted by Crippen LogP contribution is 2.33. The summed E-state index contributed by atoms with van der Waals surface area (Å²) in [6.45, 7) is 4.42. The van der Waals surface area contributed by atoms with Gasteiger partial charge in [0.25, 0.3) is 0 Å². The number of nitrogens with two attached hydrogens (primary N) is 1. The largest absolute Gasteiger partial charge is 0.507 e. The second-order valence-corrected chi connectivity index (χ2v) is 8.06. The van der Waals surface area contributed by atoms with Crippen LogP contribution in [0.2, 0.25) is 0 Å². The molecule has 8 nitrogen and oxygen atoms in total. The Kier molecular flexibility index (Phi) is 4.81. The van der Waals surface area contributed by atoms with Gasteiger partial charge in [-0.15, -0.1) is 10.2 Å². The van der Waals surface area contributed by atoms with E-state index in [4.69, 9.17) is 5.73 Å². The van der Waals surface area contributed by atoms with Gasteiger partial charge in [0.2, 0.25) is 0 Å². The monoisotopic (exact) mass is 393 g/mol. The second kappa shape index (κ2) is 7.61. The van der Waals surface area contributed by atoms with Crippen LogP contribution in [-0.4, -0.2) is 62.2 Å². The van der Waals surface area contributed by atoms with Gasteiger partial charge in [-0.25, -0.2) is 0 Å². The van der Waals surface area contributed by atoms with Gasteiger partial charge in [0.1, 0.15) is 5.75 Å². The number of phenolic OH excluding ortho intramolecular Hbond substituents is 1. The van der Waals surface area contributed by atoms with Crippen LogP contribution in [0.4, 0.5) is 5.82 Å². The lowest BCUT2D eigenvalue weighted by Gasteiger charge is -2.39. The van der Waals surface area contributed by atoms with E-state index in [9.17, 15) is 5.11 Å². The maximum absolute atomic E-state index is 10.2. The lowest BCUT2D eigenvalue weighted by atomic mass is 9.98. The number of fused-ring (bicyclic) bond motifs is 1. The molecule has 29 heavy (non-hydrogen) atoms. The number of aromatic nitrogens is 4. The van der Waals surface area contributed by atoms with Crippen molar-refractivity contribution in [2.75, 3.05) is 31.9 Å². The summed E-state index contributed by atoms with van der Waals surface area (Å²) in [5.41, 5.74) is 8.95. The van der Waals surface area contributed by atoms with Crippen LogP contribution in [0.15, 0.2) is 30.3 Å². The average molecular weight is 393 g/mol. The molecule has 0 amide bonds. The highest BCUT2D eigenvalue weighted by molar-refractivity contribution is 5.87. The lowest BCUT2D eigenvalue weighted by Crippen LogP contribution is -2.46. The van der Waals surface area contributed by atoms with Gasteiger partial charge >= 0.3 is 0 Å². The maximum Gasteiger partial charge on any atom is 0.174 e. The zero-order valence-electron chi connectivity index (χ0n) is 16.5. The molecule has 4 heterocycles. The minimum absolute atomic E-state index is 0.190. The standard InChI is InChI=1S/C21H27N7O/c22-21-20-18(13-17(24-25-20)16-3-1-2-4-19(16)29)28(26-21)15-7-11-27(12-8-15)14-5-9-23-10-6-14/h1-4,13-15,23,29H,5-12H2,(H2,22,26). The van der Waals surface area contributed by atoms with E-state index < -0.39 is 0 Å². The van der Waals surface area contributed by atoms with Crippen molar-refractivity contribution in [1.29, 1.82) is 0 Å². The molecular formula is C21H27N7O. The molecule has 2 aliphatic rings. The van der Waals surface area contributed by atoms with Crippen LogP contribution in [0.5, 0.6) is 5.75 Å². The number of hydrogen-bond acceptors (Lipinski definition) is 7. The first kappa shape index (κ1) is 18.3. The Bertz CT molecular complexity index is 1000. The fourth-order valence-corrected chi connectivity index (χ4v) is 4.72. The number of aromatic hydroxyl groups is 1. The van der Waals surface area contributed by atoms with Crippen LogP contribution < -0.4 is 11.1 Å². The Morgan fingerprint density at radius 1 is 1.00 bits per heavy atom. The lowest BCUT2D eigenvalue weighted by molar-refractivity contribution is 0.111. The van der Waals surface area contributed by atoms with Gasteiger partial charge < -0.3 is 21.1 Å². The molecule has 152 valence electrons. The Morgan fingerprint density at radius 2 is 1.76 bits per heavy atom. The summed E-state index contributed by atoms with van der Waals surface area (Å²) in [6.07, 6.45) is 4.58. The first-order chi connectivity index (χ1) is 14.2. The third-order valence-corrected chi connectivity index (χ3v) is 6.33. The van der Waals surface area contributed by atoms with E-state index >= 15 is 0 Å². The van der Waals surface area contributed by atoms with Gasteiger partial charge in [-0.2, -0.15) is 5.10 Å². The number of benzene rings is 1. The fraction of sp³-hybridized carbons (Fsp3) is 0.476. The molecule has 0 bridgehead atoms. The highest BCUT2D eigenvalue weighted by Gasteiger charge is 2.28. The minimum atomic E-state index is 0.190. The van der Waals surface area contributed by atoms with Gasteiger partial charge in [0.15, 0.2) is 11.3 Å². The number of likely N-dealkylation sites (tertiary alicyclic amines) is 1. The number of nitrogen functional groups attached to an aromatic ring is 1. The summed E-state index contributed by atoms with van der Waals surface area (Å²) < 4.78 is 2.03. The van der Waals surface area contributed by atoms with Crippen molar-refractivity contribution in [3.8, 4) is 17.0 Å². The Balaban J connectivity index is 1.41. The van der Waals surface area contributed by atoms with Crippen molar-refractivity contribution in [3.05, 3.63) is 30.3 Å². The number of piperidine rings is 2. The zero-order valence-corrected chi connectivity index (χ0v) is 16.5. The molecule has 2 fully saturated rings. The number of phenols is 1.